The van der Waals surface area contributed by atoms with Crippen LogP contribution in [-0.2, 0) is 0 Å². The molecule has 0 aliphatic heterocycles. The van der Waals surface area contributed by atoms with Crippen molar-refractivity contribution in [2.45, 2.75) is 33.2 Å². The monoisotopic (exact) mass is 316 g/mol. The predicted octanol–water partition coefficient (Wildman–Crippen LogP) is 2.00. The highest BCUT2D eigenvalue weighted by atomic mass is 79.9. The van der Waals surface area contributed by atoms with Gasteiger partial charge in [0.2, 0.25) is 0 Å². The largest absolute Gasteiger partial charge is 0.383 e. The molecule has 0 aliphatic carbocycles. The highest BCUT2D eigenvalue weighted by Crippen LogP contribution is 2.16. The minimum Gasteiger partial charge on any atom is -0.383 e. The lowest BCUT2D eigenvalue weighted by Crippen LogP contribution is -2.26. The molecule has 1 rings (SSSR count). The molecule has 5 nitrogen and oxygen atoms in total. The number of halogens is 1. The van der Waals surface area contributed by atoms with E-state index in [2.05, 4.69) is 38.6 Å². The van der Waals surface area contributed by atoms with Crippen molar-refractivity contribution >= 4 is 21.6 Å². The predicted molar refractivity (Wildman–Crippen MR) is 78.2 cm³/mol. The summed E-state index contributed by atoms with van der Waals surface area (Å²) < 4.78 is 2.02. The standard InChI is InChI=1S/C12H21BrN4O/c1-4-14-6-5-7-15-10-8-16-17(9(2)3)12(18)11(10)13/h8-9,14-15H,4-7H2,1-3H3. The van der Waals surface area contributed by atoms with Crippen molar-refractivity contribution in [3.8, 4) is 0 Å². The van der Waals surface area contributed by atoms with Crippen LogP contribution in [0.25, 0.3) is 0 Å². The molecule has 0 unspecified atom stereocenters. The third-order valence-corrected chi connectivity index (χ3v) is 3.29. The van der Waals surface area contributed by atoms with Gasteiger partial charge in [0, 0.05) is 6.54 Å². The number of nitrogens with zero attached hydrogens (tertiary/aromatic N) is 2. The van der Waals surface area contributed by atoms with Crippen molar-refractivity contribution < 1.29 is 0 Å². The topological polar surface area (TPSA) is 59.0 Å². The van der Waals surface area contributed by atoms with Crippen LogP contribution in [0.2, 0.25) is 0 Å². The minimum absolute atomic E-state index is 0.0663. The summed E-state index contributed by atoms with van der Waals surface area (Å²) in [6, 6.07) is 0.0663. The van der Waals surface area contributed by atoms with Gasteiger partial charge in [-0.15, -0.1) is 0 Å². The molecular weight excluding hydrogens is 296 g/mol. The molecular formula is C12H21BrN4O. The Morgan fingerprint density at radius 3 is 2.78 bits per heavy atom. The molecule has 1 heterocycles. The van der Waals surface area contributed by atoms with Crippen LogP contribution in [0.4, 0.5) is 5.69 Å². The first-order chi connectivity index (χ1) is 8.57. The maximum atomic E-state index is 12.0. The number of aromatic nitrogens is 2. The first kappa shape index (κ1) is 15.2. The van der Waals surface area contributed by atoms with Crippen LogP contribution in [0, 0.1) is 0 Å². The van der Waals surface area contributed by atoms with E-state index in [9.17, 15) is 4.79 Å². The van der Waals surface area contributed by atoms with Gasteiger partial charge in [-0.1, -0.05) is 6.92 Å². The van der Waals surface area contributed by atoms with Gasteiger partial charge in [0.25, 0.3) is 5.56 Å². The molecule has 102 valence electrons. The SMILES string of the molecule is CCNCCCNc1cnn(C(C)C)c(=O)c1Br. The molecule has 0 spiro atoms. The average molecular weight is 317 g/mol. The van der Waals surface area contributed by atoms with E-state index in [0.717, 1.165) is 31.7 Å². The van der Waals surface area contributed by atoms with Crippen molar-refractivity contribution in [2.24, 2.45) is 0 Å². The summed E-state index contributed by atoms with van der Waals surface area (Å²) in [4.78, 5) is 12.0. The fraction of sp³-hybridized carbons (Fsp3) is 0.667. The van der Waals surface area contributed by atoms with Crippen molar-refractivity contribution in [3.05, 3.63) is 21.0 Å². The summed E-state index contributed by atoms with van der Waals surface area (Å²) in [6.07, 6.45) is 2.70. The molecule has 0 amide bonds. The summed E-state index contributed by atoms with van der Waals surface area (Å²) >= 11 is 3.33. The minimum atomic E-state index is -0.0957. The lowest BCUT2D eigenvalue weighted by atomic mass is 10.3. The van der Waals surface area contributed by atoms with Crippen LogP contribution in [0.15, 0.2) is 15.5 Å². The Labute approximate surface area is 116 Å². The highest BCUT2D eigenvalue weighted by Gasteiger charge is 2.10. The van der Waals surface area contributed by atoms with Gasteiger partial charge in [0.05, 0.1) is 17.9 Å². The summed E-state index contributed by atoms with van der Waals surface area (Å²) in [5.74, 6) is 0. The van der Waals surface area contributed by atoms with Crippen molar-refractivity contribution in [1.82, 2.24) is 15.1 Å². The molecule has 2 N–H and O–H groups in total. The smallest absolute Gasteiger partial charge is 0.283 e. The van der Waals surface area contributed by atoms with Crippen LogP contribution in [-0.4, -0.2) is 29.4 Å². The lowest BCUT2D eigenvalue weighted by molar-refractivity contribution is 0.501. The first-order valence-electron chi connectivity index (χ1n) is 6.29. The molecule has 0 saturated carbocycles. The molecule has 0 radical (unpaired) electrons. The van der Waals surface area contributed by atoms with Gasteiger partial charge >= 0.3 is 0 Å². The van der Waals surface area contributed by atoms with E-state index < -0.39 is 0 Å². The van der Waals surface area contributed by atoms with Crippen LogP contribution in [0.3, 0.4) is 0 Å². The van der Waals surface area contributed by atoms with Crippen molar-refractivity contribution in [2.75, 3.05) is 25.0 Å². The Morgan fingerprint density at radius 2 is 2.17 bits per heavy atom. The van der Waals surface area contributed by atoms with Gasteiger partial charge in [-0.3, -0.25) is 4.79 Å². The number of rotatable bonds is 7. The maximum Gasteiger partial charge on any atom is 0.283 e. The fourth-order valence-electron chi connectivity index (χ4n) is 1.55. The molecule has 6 heteroatoms. The number of hydrogen-bond acceptors (Lipinski definition) is 4. The van der Waals surface area contributed by atoms with Gasteiger partial charge in [-0.05, 0) is 49.3 Å². The number of nitrogens with one attached hydrogen (secondary N) is 2. The molecule has 18 heavy (non-hydrogen) atoms. The van der Waals surface area contributed by atoms with Crippen LogP contribution >= 0.6 is 15.9 Å². The second kappa shape index (κ2) is 7.53. The molecule has 0 atom stereocenters. The van der Waals surface area contributed by atoms with E-state index in [1.807, 2.05) is 13.8 Å². The molecule has 0 aliphatic rings. The van der Waals surface area contributed by atoms with E-state index in [4.69, 9.17) is 0 Å². The summed E-state index contributed by atoms with van der Waals surface area (Å²) in [5.41, 5.74) is 0.662. The van der Waals surface area contributed by atoms with E-state index in [1.54, 1.807) is 6.20 Å². The number of hydrogen-bond donors (Lipinski definition) is 2. The number of anilines is 1. The fourth-order valence-corrected chi connectivity index (χ4v) is 1.97. The lowest BCUT2D eigenvalue weighted by Gasteiger charge is -2.12. The highest BCUT2D eigenvalue weighted by molar-refractivity contribution is 9.10. The molecule has 1 aromatic rings. The average Bonchev–Trinajstić information content (AvgIpc) is 2.33. The second-order valence-electron chi connectivity index (χ2n) is 4.35. The summed E-state index contributed by atoms with van der Waals surface area (Å²) in [6.45, 7) is 8.72. The van der Waals surface area contributed by atoms with Gasteiger partial charge in [-0.25, -0.2) is 4.68 Å². The first-order valence-corrected chi connectivity index (χ1v) is 7.09. The van der Waals surface area contributed by atoms with Crippen LogP contribution in [0.1, 0.15) is 33.2 Å². The quantitative estimate of drug-likeness (QED) is 0.755. The zero-order chi connectivity index (χ0) is 13.5. The second-order valence-corrected chi connectivity index (χ2v) is 5.14. The van der Waals surface area contributed by atoms with E-state index in [-0.39, 0.29) is 11.6 Å². The van der Waals surface area contributed by atoms with E-state index >= 15 is 0 Å². The Kier molecular flexibility index (Phi) is 6.35. The van der Waals surface area contributed by atoms with E-state index in [1.165, 1.54) is 4.68 Å². The normalized spacial score (nSPS) is 10.9. The third-order valence-electron chi connectivity index (χ3n) is 2.53. The Balaban J connectivity index is 2.63. The van der Waals surface area contributed by atoms with Crippen molar-refractivity contribution in [1.29, 1.82) is 0 Å². The zero-order valence-corrected chi connectivity index (χ0v) is 12.7. The van der Waals surface area contributed by atoms with Gasteiger partial charge in [0.1, 0.15) is 4.47 Å². The van der Waals surface area contributed by atoms with Gasteiger partial charge in [-0.2, -0.15) is 5.10 Å². The Bertz CT molecular complexity index is 431. The zero-order valence-electron chi connectivity index (χ0n) is 11.2. The summed E-state index contributed by atoms with van der Waals surface area (Å²) in [5, 5.41) is 10.6. The maximum absolute atomic E-state index is 12.0. The molecule has 1 aromatic heterocycles. The van der Waals surface area contributed by atoms with E-state index in [0.29, 0.717) is 4.47 Å². The Hall–Kier alpha value is -0.880. The molecule has 0 fully saturated rings. The molecule has 0 bridgehead atoms. The van der Waals surface area contributed by atoms with Gasteiger partial charge < -0.3 is 10.6 Å². The molecule has 0 aromatic carbocycles. The summed E-state index contributed by atoms with van der Waals surface area (Å²) in [7, 11) is 0. The van der Waals surface area contributed by atoms with Crippen molar-refractivity contribution in [3.63, 3.8) is 0 Å². The van der Waals surface area contributed by atoms with Crippen LogP contribution in [0.5, 0.6) is 0 Å². The van der Waals surface area contributed by atoms with Gasteiger partial charge in [0.15, 0.2) is 0 Å². The third kappa shape index (κ3) is 4.10. The van der Waals surface area contributed by atoms with Crippen LogP contribution < -0.4 is 16.2 Å². The Morgan fingerprint density at radius 1 is 1.44 bits per heavy atom. The molecule has 0 saturated heterocycles.